The van der Waals surface area contributed by atoms with Crippen molar-refractivity contribution in [3.05, 3.63) is 44.6 Å². The lowest BCUT2D eigenvalue weighted by molar-refractivity contribution is 0.0658. The van der Waals surface area contributed by atoms with Gasteiger partial charge < -0.3 is 14.6 Å². The van der Waals surface area contributed by atoms with E-state index in [2.05, 4.69) is 0 Å². The average Bonchev–Trinajstić information content (AvgIpc) is 2.96. The average molecular weight is 332 g/mol. The third-order valence-corrected chi connectivity index (χ3v) is 4.73. The van der Waals surface area contributed by atoms with Crippen LogP contribution >= 0.6 is 11.3 Å². The van der Waals surface area contributed by atoms with E-state index >= 15 is 0 Å². The lowest BCUT2D eigenvalue weighted by Crippen LogP contribution is -2.10. The van der Waals surface area contributed by atoms with Crippen molar-refractivity contribution in [3.63, 3.8) is 0 Å². The molecule has 3 rings (SSSR count). The summed E-state index contributed by atoms with van der Waals surface area (Å²) in [7, 11) is 0. The number of hydrogen-bond donors (Lipinski definition) is 2. The Kier molecular flexibility index (Phi) is 3.65. The first-order valence-electron chi connectivity index (χ1n) is 6.92. The minimum absolute atomic E-state index is 0.0724. The summed E-state index contributed by atoms with van der Waals surface area (Å²) in [4.78, 5) is 34.9. The van der Waals surface area contributed by atoms with Crippen LogP contribution in [0, 0.1) is 0 Å². The molecule has 6 nitrogen and oxygen atoms in total. The Labute approximate surface area is 133 Å². The predicted octanol–water partition coefficient (Wildman–Crippen LogP) is 3.31. The van der Waals surface area contributed by atoms with Crippen molar-refractivity contribution in [2.24, 2.45) is 0 Å². The molecular weight excluding hydrogens is 320 g/mol. The molecule has 0 aromatic carbocycles. The fraction of sp³-hybridized carbons (Fsp3) is 0.188. The highest BCUT2D eigenvalue weighted by molar-refractivity contribution is 7.21. The molecule has 0 spiro atoms. The summed E-state index contributed by atoms with van der Waals surface area (Å²) in [6, 6.07) is 4.02. The van der Waals surface area contributed by atoms with Crippen molar-refractivity contribution in [3.8, 4) is 11.3 Å². The quantitative estimate of drug-likeness (QED) is 0.759. The highest BCUT2D eigenvalue weighted by atomic mass is 32.1. The first kappa shape index (κ1) is 15.2. The molecule has 7 heteroatoms. The van der Waals surface area contributed by atoms with Gasteiger partial charge in [-0.15, -0.1) is 11.3 Å². The number of carboxylic acid groups (broad SMARTS) is 2. The van der Waals surface area contributed by atoms with Crippen LogP contribution in [-0.2, 0) is 6.42 Å². The van der Waals surface area contributed by atoms with Crippen molar-refractivity contribution in [2.75, 3.05) is 0 Å². The number of carbonyl (C=O) groups is 2. The summed E-state index contributed by atoms with van der Waals surface area (Å²) < 4.78 is 5.97. The Morgan fingerprint density at radius 1 is 1.22 bits per heavy atom. The van der Waals surface area contributed by atoms with E-state index in [-0.39, 0.29) is 27.4 Å². The topological polar surface area (TPSA) is 105 Å². The molecule has 2 heterocycles. The smallest absolute Gasteiger partial charge is 0.371 e. The number of hydrogen-bond acceptors (Lipinski definition) is 5. The van der Waals surface area contributed by atoms with Crippen molar-refractivity contribution in [1.29, 1.82) is 0 Å². The molecule has 1 aromatic rings. The summed E-state index contributed by atoms with van der Waals surface area (Å²) in [5.41, 5.74) is 0.595. The van der Waals surface area contributed by atoms with Crippen LogP contribution in [0.5, 0.6) is 0 Å². The van der Waals surface area contributed by atoms with Gasteiger partial charge in [0, 0.05) is 15.6 Å². The fourth-order valence-corrected chi connectivity index (χ4v) is 3.63. The van der Waals surface area contributed by atoms with Gasteiger partial charge >= 0.3 is 11.9 Å². The van der Waals surface area contributed by atoms with Gasteiger partial charge in [0.15, 0.2) is 5.43 Å². The highest BCUT2D eigenvalue weighted by Gasteiger charge is 2.24. The number of thiophene rings is 1. The largest absolute Gasteiger partial charge is 0.477 e. The van der Waals surface area contributed by atoms with Gasteiger partial charge in [0.05, 0.1) is 5.56 Å². The maximum Gasteiger partial charge on any atom is 0.371 e. The van der Waals surface area contributed by atoms with E-state index in [1.807, 2.05) is 6.92 Å². The first-order chi connectivity index (χ1) is 10.9. The van der Waals surface area contributed by atoms with E-state index in [1.165, 1.54) is 18.2 Å². The van der Waals surface area contributed by atoms with Gasteiger partial charge in [0.2, 0.25) is 5.76 Å². The van der Waals surface area contributed by atoms with E-state index in [1.54, 1.807) is 0 Å². The standard InChI is InChI=1S/C16H12O6S/c1-2-3-8-13-7(4-5-10(22-13)15(18)19)12(17)9-6-11(16(20)21)23-14(8)9/h4-6H,2-3H2,1H3,(H,18,19)(H,20,21). The zero-order valence-electron chi connectivity index (χ0n) is 12.1. The van der Waals surface area contributed by atoms with Crippen molar-refractivity contribution >= 4 is 33.4 Å². The second kappa shape index (κ2) is 5.51. The Morgan fingerprint density at radius 3 is 2.57 bits per heavy atom. The summed E-state index contributed by atoms with van der Waals surface area (Å²) in [6.45, 7) is 1.94. The van der Waals surface area contributed by atoms with Crippen LogP contribution in [0.4, 0.5) is 0 Å². The van der Waals surface area contributed by atoms with Gasteiger partial charge in [0.25, 0.3) is 0 Å². The normalized spacial score (nSPS) is 11.2. The van der Waals surface area contributed by atoms with E-state index in [9.17, 15) is 14.4 Å². The second-order valence-corrected chi connectivity index (χ2v) is 6.12. The first-order valence-corrected chi connectivity index (χ1v) is 7.74. The third-order valence-electron chi connectivity index (χ3n) is 3.55. The van der Waals surface area contributed by atoms with Gasteiger partial charge in [-0.1, -0.05) is 13.3 Å². The maximum absolute atomic E-state index is 12.6. The van der Waals surface area contributed by atoms with Crippen molar-refractivity contribution in [1.82, 2.24) is 0 Å². The van der Waals surface area contributed by atoms with Crippen molar-refractivity contribution in [2.45, 2.75) is 19.8 Å². The molecule has 0 saturated carbocycles. The Hall–Kier alpha value is -2.67. The van der Waals surface area contributed by atoms with Gasteiger partial charge in [-0.25, -0.2) is 9.59 Å². The molecule has 118 valence electrons. The zero-order valence-corrected chi connectivity index (χ0v) is 12.9. The molecule has 0 saturated heterocycles. The van der Waals surface area contributed by atoms with Gasteiger partial charge in [-0.05, 0) is 24.6 Å². The minimum Gasteiger partial charge on any atom is -0.477 e. The summed E-state index contributed by atoms with van der Waals surface area (Å²) in [5.74, 6) is -2.36. The minimum atomic E-state index is -1.22. The molecule has 23 heavy (non-hydrogen) atoms. The van der Waals surface area contributed by atoms with E-state index in [4.69, 9.17) is 14.6 Å². The fourth-order valence-electron chi connectivity index (χ4n) is 2.57. The Morgan fingerprint density at radius 2 is 1.96 bits per heavy atom. The number of fused-ring (bicyclic) bond motifs is 2. The van der Waals surface area contributed by atoms with Gasteiger partial charge in [0.1, 0.15) is 10.6 Å². The molecule has 1 aromatic heterocycles. The van der Waals surface area contributed by atoms with Crippen LogP contribution in [0.2, 0.25) is 0 Å². The Balaban J connectivity index is 2.47. The van der Waals surface area contributed by atoms with Crippen LogP contribution in [0.25, 0.3) is 21.4 Å². The van der Waals surface area contributed by atoms with Crippen LogP contribution in [-0.4, -0.2) is 22.2 Å². The number of rotatable bonds is 4. The van der Waals surface area contributed by atoms with Crippen LogP contribution < -0.4 is 5.43 Å². The second-order valence-electron chi connectivity index (χ2n) is 5.06. The summed E-state index contributed by atoms with van der Waals surface area (Å²) in [6.07, 6.45) is 1.30. The molecule has 1 aliphatic carbocycles. The Bertz CT molecular complexity index is 965. The molecule has 0 fully saturated rings. The highest BCUT2D eigenvalue weighted by Crippen LogP contribution is 2.36. The number of aromatic carboxylic acids is 2. The SMILES string of the molecule is CCCc1c2oc(C(=O)O)ccc-2c(=O)c2cc(C(=O)O)sc12. The molecule has 0 bridgehead atoms. The third kappa shape index (κ3) is 2.39. The van der Waals surface area contributed by atoms with Gasteiger partial charge in [-0.3, -0.25) is 4.79 Å². The molecule has 1 aliphatic heterocycles. The lowest BCUT2D eigenvalue weighted by Gasteiger charge is -2.11. The van der Waals surface area contributed by atoms with Gasteiger partial charge in [-0.2, -0.15) is 0 Å². The molecule has 0 amide bonds. The zero-order chi connectivity index (χ0) is 16.7. The lowest BCUT2D eigenvalue weighted by atomic mass is 9.98. The molecule has 0 unspecified atom stereocenters. The van der Waals surface area contributed by atoms with Crippen molar-refractivity contribution < 1.29 is 24.2 Å². The number of carboxylic acids is 2. The van der Waals surface area contributed by atoms with Crippen LogP contribution in [0.15, 0.2) is 27.4 Å². The van der Waals surface area contributed by atoms with E-state index in [0.29, 0.717) is 22.1 Å². The molecule has 2 aliphatic rings. The summed E-state index contributed by atoms with van der Waals surface area (Å²) in [5, 5.41) is 18.6. The molecule has 0 radical (unpaired) electrons. The monoisotopic (exact) mass is 332 g/mol. The summed E-state index contributed by atoms with van der Waals surface area (Å²) >= 11 is 1.01. The van der Waals surface area contributed by atoms with Crippen LogP contribution in [0.3, 0.4) is 0 Å². The number of aryl methyl sites for hydroxylation is 1. The predicted molar refractivity (Wildman–Crippen MR) is 84.9 cm³/mol. The van der Waals surface area contributed by atoms with Crippen LogP contribution in [0.1, 0.15) is 39.1 Å². The molecular formula is C16H12O6S. The number of benzene rings is 1. The van der Waals surface area contributed by atoms with E-state index < -0.39 is 11.9 Å². The molecule has 0 atom stereocenters. The maximum atomic E-state index is 12.6. The van der Waals surface area contributed by atoms with E-state index in [0.717, 1.165) is 17.8 Å². The molecule has 2 N–H and O–H groups in total.